The minimum absolute atomic E-state index is 0.0562. The second kappa shape index (κ2) is 8.87. The van der Waals surface area contributed by atoms with Gasteiger partial charge in [0.15, 0.2) is 0 Å². The number of ether oxygens (including phenoxy) is 1. The van der Waals surface area contributed by atoms with Gasteiger partial charge in [-0.25, -0.2) is 0 Å². The minimum Gasteiger partial charge on any atom is -0.550 e. The third kappa shape index (κ3) is 4.04. The minimum atomic E-state index is -1.12. The number of hydrogen-bond acceptors (Lipinski definition) is 3. The van der Waals surface area contributed by atoms with E-state index in [1.165, 1.54) is 64.2 Å². The summed E-state index contributed by atoms with van der Waals surface area (Å²) < 4.78 is 11.7. The van der Waals surface area contributed by atoms with Crippen LogP contribution in [0.5, 0.6) is 0 Å². The molecule has 0 radical (unpaired) electrons. The molecule has 0 aromatic carbocycles. The van der Waals surface area contributed by atoms with E-state index in [2.05, 4.69) is 39.9 Å². The fourth-order valence-electron chi connectivity index (χ4n) is 8.72. The molecule has 176 valence electrons. The molecule has 0 amide bonds. The monoisotopic (exact) mass is 446 g/mol. The second-order valence-electron chi connectivity index (χ2n) is 12.2. The van der Waals surface area contributed by atoms with Crippen molar-refractivity contribution in [1.29, 1.82) is 0 Å². The quantitative estimate of drug-likeness (QED) is 0.335. The highest BCUT2D eigenvalue weighted by Crippen LogP contribution is 2.68. The van der Waals surface area contributed by atoms with E-state index < -0.39 is 9.04 Å². The summed E-state index contributed by atoms with van der Waals surface area (Å²) in [4.78, 5) is 11.8. The van der Waals surface area contributed by atoms with Crippen molar-refractivity contribution in [2.24, 2.45) is 46.3 Å². The Morgan fingerprint density at radius 1 is 1.10 bits per heavy atom. The molecule has 3 nitrogen and oxygen atoms in total. The van der Waals surface area contributed by atoms with Crippen LogP contribution < -0.4 is 0 Å². The Kier molecular flexibility index (Phi) is 6.69. The van der Waals surface area contributed by atoms with Crippen LogP contribution in [-0.4, -0.2) is 22.1 Å². The van der Waals surface area contributed by atoms with Gasteiger partial charge in [-0.15, -0.1) is 0 Å². The van der Waals surface area contributed by atoms with E-state index in [-0.39, 0.29) is 5.97 Å². The number of allylic oxidation sites excluding steroid dienone is 2. The number of hydrogen-bond donors (Lipinski definition) is 0. The summed E-state index contributed by atoms with van der Waals surface area (Å²) in [7, 11) is 0.384. The molecule has 3 saturated carbocycles. The van der Waals surface area contributed by atoms with Crippen LogP contribution in [-0.2, 0) is 14.0 Å². The molecule has 0 spiro atoms. The zero-order valence-corrected chi connectivity index (χ0v) is 22.1. The van der Waals surface area contributed by atoms with Gasteiger partial charge in [-0.1, -0.05) is 33.6 Å². The number of methoxy groups -OCH3 is 1. The third-order valence-electron chi connectivity index (χ3n) is 10.3. The maximum Gasteiger partial charge on any atom is 0.305 e. The zero-order chi connectivity index (χ0) is 22.4. The van der Waals surface area contributed by atoms with E-state index in [4.69, 9.17) is 9.16 Å². The molecule has 0 bridgehead atoms. The molecule has 0 N–H and O–H groups in total. The van der Waals surface area contributed by atoms with Crippen molar-refractivity contribution in [2.45, 2.75) is 98.1 Å². The van der Waals surface area contributed by atoms with Crippen LogP contribution in [0.1, 0.15) is 85.0 Å². The number of fused-ring (bicyclic) bond motifs is 5. The van der Waals surface area contributed by atoms with Crippen LogP contribution in [0.3, 0.4) is 0 Å². The highest BCUT2D eigenvalue weighted by molar-refractivity contribution is 6.48. The maximum absolute atomic E-state index is 11.8. The molecular formula is C27H46O3Si. The first-order valence-electron chi connectivity index (χ1n) is 13.2. The fourth-order valence-corrected chi connectivity index (χ4v) is 9.50. The molecule has 0 saturated heterocycles. The van der Waals surface area contributed by atoms with Gasteiger partial charge in [0.05, 0.1) is 12.9 Å². The molecule has 31 heavy (non-hydrogen) atoms. The Bertz CT molecular complexity index is 703. The number of carbonyl (C=O) groups is 1. The Morgan fingerprint density at radius 3 is 2.55 bits per heavy atom. The summed E-state index contributed by atoms with van der Waals surface area (Å²) in [5.41, 5.74) is 0.861. The van der Waals surface area contributed by atoms with E-state index in [1.54, 1.807) is 0 Å². The van der Waals surface area contributed by atoms with E-state index >= 15 is 0 Å². The van der Waals surface area contributed by atoms with E-state index in [1.807, 2.05) is 0 Å². The summed E-state index contributed by atoms with van der Waals surface area (Å²) >= 11 is 0. The topological polar surface area (TPSA) is 35.5 Å². The molecule has 0 heterocycles. The van der Waals surface area contributed by atoms with E-state index in [9.17, 15) is 4.79 Å². The van der Waals surface area contributed by atoms with Crippen molar-refractivity contribution in [3.05, 3.63) is 11.8 Å². The van der Waals surface area contributed by atoms with Crippen LogP contribution in [0, 0.1) is 46.3 Å². The molecule has 8 atom stereocenters. The van der Waals surface area contributed by atoms with Crippen molar-refractivity contribution in [3.63, 3.8) is 0 Å². The lowest BCUT2D eigenvalue weighted by Gasteiger charge is -2.60. The Hall–Kier alpha value is -0.773. The molecule has 0 aliphatic heterocycles. The van der Waals surface area contributed by atoms with Gasteiger partial charge in [0.25, 0.3) is 0 Å². The second-order valence-corrected chi connectivity index (χ2v) is 14.5. The largest absolute Gasteiger partial charge is 0.550 e. The molecule has 4 heteroatoms. The Morgan fingerprint density at radius 2 is 1.84 bits per heavy atom. The first kappa shape index (κ1) is 23.4. The third-order valence-corrected chi connectivity index (χ3v) is 11.0. The van der Waals surface area contributed by atoms with Crippen LogP contribution in [0.4, 0.5) is 0 Å². The predicted octanol–water partition coefficient (Wildman–Crippen LogP) is 6.73. The maximum atomic E-state index is 11.8. The molecule has 4 aliphatic carbocycles. The van der Waals surface area contributed by atoms with E-state index in [0.29, 0.717) is 29.1 Å². The standard InChI is InChI=1S/C27H46O3Si/c1-18(10-13-24(28)29-4)20-11-12-21-25-22(14-16-27(20,21)3)26(2)15-8-7-9-19(26)17-23(25)30-31(5)6/h17-22,25,31H,7-16H2,1-6H3/t18-,19+,20-,21+,22+,25+,26+,27-/m1/s1. The van der Waals surface area contributed by atoms with Gasteiger partial charge >= 0.3 is 5.97 Å². The normalized spacial score (nSPS) is 42.8. The van der Waals surface area contributed by atoms with Crippen molar-refractivity contribution in [3.8, 4) is 0 Å². The van der Waals surface area contributed by atoms with Gasteiger partial charge in [-0.3, -0.25) is 4.79 Å². The fraction of sp³-hybridized carbons (Fsp3) is 0.889. The Labute approximate surface area is 192 Å². The Balaban J connectivity index is 1.61. The zero-order valence-electron chi connectivity index (χ0n) is 20.9. The van der Waals surface area contributed by atoms with Crippen molar-refractivity contribution in [1.82, 2.24) is 0 Å². The van der Waals surface area contributed by atoms with Gasteiger partial charge in [0, 0.05) is 12.3 Å². The average Bonchev–Trinajstić information content (AvgIpc) is 3.08. The molecule has 4 rings (SSSR count). The highest BCUT2D eigenvalue weighted by atomic mass is 28.3. The first-order chi connectivity index (χ1) is 14.7. The number of rotatable bonds is 6. The molecule has 0 aromatic rings. The summed E-state index contributed by atoms with van der Waals surface area (Å²) in [6, 6.07) is 0. The van der Waals surface area contributed by atoms with Crippen molar-refractivity contribution >= 4 is 15.0 Å². The van der Waals surface area contributed by atoms with Crippen LogP contribution in [0.2, 0.25) is 13.1 Å². The summed E-state index contributed by atoms with van der Waals surface area (Å²) in [6.45, 7) is 12.3. The predicted molar refractivity (Wildman–Crippen MR) is 129 cm³/mol. The van der Waals surface area contributed by atoms with Gasteiger partial charge < -0.3 is 9.16 Å². The first-order valence-corrected chi connectivity index (χ1v) is 15.9. The van der Waals surface area contributed by atoms with Crippen molar-refractivity contribution in [2.75, 3.05) is 7.11 Å². The highest BCUT2D eigenvalue weighted by Gasteiger charge is 2.61. The van der Waals surface area contributed by atoms with Gasteiger partial charge in [-0.05, 0) is 105 Å². The van der Waals surface area contributed by atoms with Crippen LogP contribution in [0.25, 0.3) is 0 Å². The molecule has 3 fully saturated rings. The molecular weight excluding hydrogens is 400 g/mol. The number of esters is 1. The molecule has 4 aliphatic rings. The lowest BCUT2D eigenvalue weighted by atomic mass is 9.46. The number of carbonyl (C=O) groups excluding carboxylic acids is 1. The summed E-state index contributed by atoms with van der Waals surface area (Å²) in [5.74, 6) is 5.56. The van der Waals surface area contributed by atoms with Gasteiger partial charge in [-0.2, -0.15) is 0 Å². The lowest BCUT2D eigenvalue weighted by molar-refractivity contribution is -0.141. The molecule has 0 aromatic heterocycles. The lowest BCUT2D eigenvalue weighted by Crippen LogP contribution is -2.53. The smallest absolute Gasteiger partial charge is 0.305 e. The average molecular weight is 447 g/mol. The SMILES string of the molecule is COC(=O)CC[C@@H](C)[C@H]1CC[C@H]2[C@@H]3C(O[SiH](C)C)=C[C@@H]4CCCC[C@]4(C)[C@H]3CC[C@]12C. The summed E-state index contributed by atoms with van der Waals surface area (Å²) in [5, 5.41) is 0. The van der Waals surface area contributed by atoms with E-state index in [0.717, 1.165) is 30.1 Å². The van der Waals surface area contributed by atoms with Gasteiger partial charge in [0.1, 0.15) is 0 Å². The van der Waals surface area contributed by atoms with Crippen LogP contribution in [0.15, 0.2) is 11.8 Å². The molecule has 0 unspecified atom stereocenters. The summed E-state index contributed by atoms with van der Waals surface area (Å²) in [6.07, 6.45) is 15.1. The van der Waals surface area contributed by atoms with Crippen LogP contribution >= 0.6 is 0 Å². The van der Waals surface area contributed by atoms with Gasteiger partial charge in [0.2, 0.25) is 9.04 Å². The van der Waals surface area contributed by atoms with Crippen molar-refractivity contribution < 1.29 is 14.0 Å².